The highest BCUT2D eigenvalue weighted by atomic mass is 32.2. The van der Waals surface area contributed by atoms with Gasteiger partial charge in [-0.3, -0.25) is 10.1 Å². The van der Waals surface area contributed by atoms with Gasteiger partial charge in [-0.2, -0.15) is 4.31 Å². The van der Waals surface area contributed by atoms with Crippen LogP contribution in [0.4, 0.5) is 10.7 Å². The predicted molar refractivity (Wildman–Crippen MR) is 82.4 cm³/mol. The van der Waals surface area contributed by atoms with Crippen LogP contribution in [0.5, 0.6) is 0 Å². The molecular formula is C12H19N3O4S2. The predicted octanol–water partition coefficient (Wildman–Crippen LogP) is 2.65. The molecule has 1 aliphatic rings. The summed E-state index contributed by atoms with van der Waals surface area (Å²) in [7, 11) is -3.63. The van der Waals surface area contributed by atoms with Gasteiger partial charge in [-0.25, -0.2) is 8.42 Å². The summed E-state index contributed by atoms with van der Waals surface area (Å²) in [6.45, 7) is 3.30. The molecule has 0 aliphatic carbocycles. The fraction of sp³-hybridized carbons (Fsp3) is 0.667. The van der Waals surface area contributed by atoms with E-state index >= 15 is 0 Å². The zero-order chi connectivity index (χ0) is 15.5. The first-order chi connectivity index (χ1) is 9.96. The molecule has 1 aromatic heterocycles. The minimum absolute atomic E-state index is 0.0482. The Bertz CT molecular complexity index is 604. The van der Waals surface area contributed by atoms with Gasteiger partial charge in [0.05, 0.1) is 4.92 Å². The van der Waals surface area contributed by atoms with Gasteiger partial charge in [0, 0.05) is 25.7 Å². The fourth-order valence-corrected chi connectivity index (χ4v) is 5.39. The molecule has 0 amide bonds. The lowest BCUT2D eigenvalue weighted by Crippen LogP contribution is -2.31. The Morgan fingerprint density at radius 3 is 2.48 bits per heavy atom. The first-order valence-electron chi connectivity index (χ1n) is 6.99. The van der Waals surface area contributed by atoms with Gasteiger partial charge in [0.25, 0.3) is 10.0 Å². The molecule has 9 heteroatoms. The minimum atomic E-state index is -3.63. The second-order valence-corrected chi connectivity index (χ2v) is 8.10. The molecule has 0 atom stereocenters. The van der Waals surface area contributed by atoms with Crippen molar-refractivity contribution in [3.8, 4) is 0 Å². The van der Waals surface area contributed by atoms with Gasteiger partial charge in [0.15, 0.2) is 5.00 Å². The van der Waals surface area contributed by atoms with E-state index in [2.05, 4.69) is 5.32 Å². The SMILES string of the molecule is CCNc1sc(S(=O)(=O)N2CCCCCC2)cc1[N+](=O)[O-]. The second-order valence-electron chi connectivity index (χ2n) is 4.89. The van der Waals surface area contributed by atoms with Crippen LogP contribution in [-0.2, 0) is 10.0 Å². The van der Waals surface area contributed by atoms with Crippen LogP contribution >= 0.6 is 11.3 Å². The molecule has 1 N–H and O–H groups in total. The quantitative estimate of drug-likeness (QED) is 0.660. The van der Waals surface area contributed by atoms with Crippen molar-refractivity contribution in [3.05, 3.63) is 16.2 Å². The Kier molecular flexibility index (Phi) is 5.17. The van der Waals surface area contributed by atoms with E-state index in [-0.39, 0.29) is 9.90 Å². The smallest absolute Gasteiger partial charge is 0.304 e. The summed E-state index contributed by atoms with van der Waals surface area (Å²) >= 11 is 0.937. The molecule has 2 heterocycles. The third kappa shape index (κ3) is 3.53. The van der Waals surface area contributed by atoms with Crippen molar-refractivity contribution in [3.63, 3.8) is 0 Å². The Morgan fingerprint density at radius 1 is 1.33 bits per heavy atom. The molecule has 0 saturated carbocycles. The van der Waals surface area contributed by atoms with E-state index in [9.17, 15) is 18.5 Å². The Balaban J connectivity index is 2.35. The normalized spacial score (nSPS) is 17.4. The van der Waals surface area contributed by atoms with E-state index in [1.165, 1.54) is 10.4 Å². The van der Waals surface area contributed by atoms with Gasteiger partial charge >= 0.3 is 5.69 Å². The summed E-state index contributed by atoms with van der Waals surface area (Å²) < 4.78 is 26.7. The maximum absolute atomic E-state index is 12.6. The molecule has 2 rings (SSSR count). The van der Waals surface area contributed by atoms with Crippen molar-refractivity contribution in [2.24, 2.45) is 0 Å². The van der Waals surface area contributed by atoms with Crippen molar-refractivity contribution >= 4 is 32.0 Å². The summed E-state index contributed by atoms with van der Waals surface area (Å²) in [6.07, 6.45) is 3.73. The van der Waals surface area contributed by atoms with E-state index in [1.807, 2.05) is 6.92 Å². The van der Waals surface area contributed by atoms with Crippen molar-refractivity contribution in [2.75, 3.05) is 25.0 Å². The lowest BCUT2D eigenvalue weighted by atomic mass is 10.2. The third-order valence-corrected chi connectivity index (χ3v) is 6.81. The first-order valence-corrected chi connectivity index (χ1v) is 9.24. The number of nitrogens with zero attached hydrogens (tertiary/aromatic N) is 2. The Labute approximate surface area is 128 Å². The highest BCUT2D eigenvalue weighted by molar-refractivity contribution is 7.91. The molecule has 0 unspecified atom stereocenters. The molecule has 7 nitrogen and oxygen atoms in total. The van der Waals surface area contributed by atoms with Crippen LogP contribution < -0.4 is 5.32 Å². The highest BCUT2D eigenvalue weighted by Crippen LogP contribution is 2.38. The van der Waals surface area contributed by atoms with Gasteiger partial charge in [-0.1, -0.05) is 24.2 Å². The summed E-state index contributed by atoms with van der Waals surface area (Å²) in [6, 6.07) is 1.17. The largest absolute Gasteiger partial charge is 0.372 e. The summed E-state index contributed by atoms with van der Waals surface area (Å²) in [5, 5.41) is 14.2. The van der Waals surface area contributed by atoms with Crippen LogP contribution in [0.15, 0.2) is 10.3 Å². The Morgan fingerprint density at radius 2 is 1.95 bits per heavy atom. The minimum Gasteiger partial charge on any atom is -0.372 e. The molecular weight excluding hydrogens is 314 g/mol. The standard InChI is InChI=1S/C12H19N3O4S2/c1-2-13-12-10(15(16)17)9-11(20-12)21(18,19)14-7-5-3-4-6-8-14/h9,13H,2-8H2,1H3. The van der Waals surface area contributed by atoms with Crippen LogP contribution in [0.3, 0.4) is 0 Å². The van der Waals surface area contributed by atoms with Crippen LogP contribution in [0.25, 0.3) is 0 Å². The van der Waals surface area contributed by atoms with Crippen molar-refractivity contribution in [2.45, 2.75) is 36.8 Å². The van der Waals surface area contributed by atoms with E-state index < -0.39 is 14.9 Å². The monoisotopic (exact) mass is 333 g/mol. The molecule has 0 radical (unpaired) electrons. The van der Waals surface area contributed by atoms with Crippen LogP contribution in [0.2, 0.25) is 0 Å². The van der Waals surface area contributed by atoms with Crippen LogP contribution in [0, 0.1) is 10.1 Å². The molecule has 1 aromatic rings. The topological polar surface area (TPSA) is 92.6 Å². The van der Waals surface area contributed by atoms with E-state index in [1.54, 1.807) is 0 Å². The molecule has 1 aliphatic heterocycles. The lowest BCUT2D eigenvalue weighted by molar-refractivity contribution is -0.383. The van der Waals surface area contributed by atoms with Crippen molar-refractivity contribution < 1.29 is 13.3 Å². The highest BCUT2D eigenvalue weighted by Gasteiger charge is 2.31. The van der Waals surface area contributed by atoms with Gasteiger partial charge in [-0.15, -0.1) is 0 Å². The molecule has 0 spiro atoms. The van der Waals surface area contributed by atoms with E-state index in [0.717, 1.165) is 37.0 Å². The number of rotatable bonds is 5. The number of hydrogen-bond donors (Lipinski definition) is 1. The summed E-state index contributed by atoms with van der Waals surface area (Å²) in [4.78, 5) is 10.5. The van der Waals surface area contributed by atoms with Gasteiger partial charge in [-0.05, 0) is 19.8 Å². The summed E-state index contributed by atoms with van der Waals surface area (Å²) in [5.74, 6) is 0. The average molecular weight is 333 g/mol. The lowest BCUT2D eigenvalue weighted by Gasteiger charge is -2.18. The Hall–Kier alpha value is -1.19. The number of nitro groups is 1. The molecule has 118 valence electrons. The second kappa shape index (κ2) is 6.71. The summed E-state index contributed by atoms with van der Waals surface area (Å²) in [5.41, 5.74) is -0.171. The zero-order valence-corrected chi connectivity index (χ0v) is 13.5. The third-order valence-electron chi connectivity index (χ3n) is 3.38. The van der Waals surface area contributed by atoms with Crippen LogP contribution in [-0.4, -0.2) is 37.3 Å². The number of anilines is 1. The van der Waals surface area contributed by atoms with Gasteiger partial charge < -0.3 is 5.32 Å². The van der Waals surface area contributed by atoms with E-state index in [0.29, 0.717) is 24.6 Å². The molecule has 1 fully saturated rings. The molecule has 0 bridgehead atoms. The molecule has 21 heavy (non-hydrogen) atoms. The van der Waals surface area contributed by atoms with Gasteiger partial charge in [0.1, 0.15) is 4.21 Å². The number of thiophene rings is 1. The maximum atomic E-state index is 12.6. The van der Waals surface area contributed by atoms with Crippen molar-refractivity contribution in [1.29, 1.82) is 0 Å². The maximum Gasteiger partial charge on any atom is 0.304 e. The number of nitrogens with one attached hydrogen (secondary N) is 1. The van der Waals surface area contributed by atoms with Crippen LogP contribution in [0.1, 0.15) is 32.6 Å². The van der Waals surface area contributed by atoms with E-state index in [4.69, 9.17) is 0 Å². The fourth-order valence-electron chi connectivity index (χ4n) is 2.32. The molecule has 1 saturated heterocycles. The molecule has 0 aromatic carbocycles. The zero-order valence-electron chi connectivity index (χ0n) is 11.9. The van der Waals surface area contributed by atoms with Crippen molar-refractivity contribution in [1.82, 2.24) is 4.31 Å². The number of hydrogen-bond acceptors (Lipinski definition) is 6. The van der Waals surface area contributed by atoms with Gasteiger partial charge in [0.2, 0.25) is 0 Å². The number of sulfonamides is 1. The first kappa shape index (κ1) is 16.2. The average Bonchev–Trinajstić information content (AvgIpc) is 2.68.